The lowest BCUT2D eigenvalue weighted by molar-refractivity contribution is 0.660. The molecule has 2 aromatic heterocycles. The lowest BCUT2D eigenvalue weighted by Crippen LogP contribution is -2.15. The molecule has 0 atom stereocenters. The van der Waals surface area contributed by atoms with E-state index in [2.05, 4.69) is 193 Å². The number of para-hydroxylation sites is 2. The normalized spacial score (nSPS) is 13.6. The summed E-state index contributed by atoms with van der Waals surface area (Å²) in [6, 6.07) is 63.3. The second kappa shape index (κ2) is 10.2. The van der Waals surface area contributed by atoms with Crippen molar-refractivity contribution in [2.24, 2.45) is 0 Å². The molecule has 53 heavy (non-hydrogen) atoms. The van der Waals surface area contributed by atoms with Gasteiger partial charge in [-0.2, -0.15) is 0 Å². The number of fused-ring (bicyclic) bond motifs is 16. The van der Waals surface area contributed by atoms with Crippen molar-refractivity contribution in [1.29, 1.82) is 0 Å². The van der Waals surface area contributed by atoms with Gasteiger partial charge in [0.25, 0.3) is 0 Å². The van der Waals surface area contributed by atoms with Gasteiger partial charge in [-0.25, -0.2) is 0 Å². The first-order valence-electron chi connectivity index (χ1n) is 18.6. The fourth-order valence-electron chi connectivity index (χ4n) is 10.0. The summed E-state index contributed by atoms with van der Waals surface area (Å²) >= 11 is 0. The topological polar surface area (TPSA) is 9.86 Å². The second-order valence-corrected chi connectivity index (χ2v) is 15.3. The summed E-state index contributed by atoms with van der Waals surface area (Å²) in [6.45, 7) is 4.73. The predicted molar refractivity (Wildman–Crippen MR) is 225 cm³/mol. The Morgan fingerprint density at radius 1 is 0.340 bits per heavy atom. The van der Waals surface area contributed by atoms with Crippen LogP contribution < -0.4 is 0 Å². The van der Waals surface area contributed by atoms with Gasteiger partial charge in [0.15, 0.2) is 0 Å². The molecule has 2 heterocycles. The number of benzene rings is 9. The molecule has 0 amide bonds. The highest BCUT2D eigenvalue weighted by molar-refractivity contribution is 6.31. The summed E-state index contributed by atoms with van der Waals surface area (Å²) in [5, 5.41) is 12.8. The zero-order valence-corrected chi connectivity index (χ0v) is 29.6. The van der Waals surface area contributed by atoms with Crippen molar-refractivity contribution in [2.45, 2.75) is 19.3 Å². The summed E-state index contributed by atoms with van der Waals surface area (Å²) in [7, 11) is 0. The fourth-order valence-corrected chi connectivity index (χ4v) is 10.0. The molecular formula is C51H34N2. The largest absolute Gasteiger partial charge is 0.309 e. The van der Waals surface area contributed by atoms with Crippen LogP contribution in [0.3, 0.4) is 0 Å². The molecule has 2 heteroatoms. The maximum atomic E-state index is 2.52. The van der Waals surface area contributed by atoms with Gasteiger partial charge < -0.3 is 9.13 Å². The van der Waals surface area contributed by atoms with E-state index in [-0.39, 0.29) is 5.41 Å². The minimum Gasteiger partial charge on any atom is -0.309 e. The van der Waals surface area contributed by atoms with Crippen LogP contribution in [-0.4, -0.2) is 9.13 Å². The van der Waals surface area contributed by atoms with Gasteiger partial charge in [0.05, 0.1) is 27.8 Å². The van der Waals surface area contributed by atoms with E-state index in [4.69, 9.17) is 0 Å². The maximum absolute atomic E-state index is 2.52. The Kier molecular flexibility index (Phi) is 5.60. The number of aromatic nitrogens is 2. The molecule has 12 rings (SSSR count). The maximum Gasteiger partial charge on any atom is 0.0549 e. The van der Waals surface area contributed by atoms with E-state index in [1.54, 1.807) is 0 Å². The Hall–Kier alpha value is -6.64. The van der Waals surface area contributed by atoms with Crippen molar-refractivity contribution in [3.63, 3.8) is 0 Å². The van der Waals surface area contributed by atoms with Gasteiger partial charge in [-0.1, -0.05) is 141 Å². The van der Waals surface area contributed by atoms with E-state index in [9.17, 15) is 0 Å². The van der Waals surface area contributed by atoms with Crippen molar-refractivity contribution >= 4 is 75.9 Å². The van der Waals surface area contributed by atoms with E-state index >= 15 is 0 Å². The van der Waals surface area contributed by atoms with Crippen molar-refractivity contribution in [3.05, 3.63) is 181 Å². The van der Waals surface area contributed by atoms with Crippen LogP contribution in [0.4, 0.5) is 0 Å². The molecule has 248 valence electrons. The van der Waals surface area contributed by atoms with Crippen LogP contribution >= 0.6 is 0 Å². The predicted octanol–water partition coefficient (Wildman–Crippen LogP) is 13.6. The molecule has 2 nitrogen and oxygen atoms in total. The molecule has 0 N–H and O–H groups in total. The Morgan fingerprint density at radius 2 is 0.830 bits per heavy atom. The van der Waals surface area contributed by atoms with Crippen LogP contribution in [0.2, 0.25) is 0 Å². The highest BCUT2D eigenvalue weighted by Crippen LogP contribution is 2.50. The third kappa shape index (κ3) is 3.67. The average Bonchev–Trinajstić information content (AvgIpc) is 3.81. The summed E-state index contributed by atoms with van der Waals surface area (Å²) in [6.07, 6.45) is 0. The van der Waals surface area contributed by atoms with Gasteiger partial charge in [-0.05, 0) is 91.6 Å². The van der Waals surface area contributed by atoms with Crippen molar-refractivity contribution in [1.82, 2.24) is 9.13 Å². The van der Waals surface area contributed by atoms with Gasteiger partial charge >= 0.3 is 0 Å². The smallest absolute Gasteiger partial charge is 0.0549 e. The lowest BCUT2D eigenvalue weighted by atomic mass is 9.82. The summed E-state index contributed by atoms with van der Waals surface area (Å²) < 4.78 is 5.02. The molecule has 0 bridgehead atoms. The minimum atomic E-state index is -0.0741. The zero-order chi connectivity index (χ0) is 35.0. The van der Waals surface area contributed by atoms with Crippen LogP contribution in [0.1, 0.15) is 25.0 Å². The van der Waals surface area contributed by atoms with Crippen molar-refractivity contribution in [3.8, 4) is 22.5 Å². The highest BCUT2D eigenvalue weighted by atomic mass is 15.0. The van der Waals surface area contributed by atoms with E-state index in [1.165, 1.54) is 110 Å². The first-order chi connectivity index (χ1) is 26.1. The second-order valence-electron chi connectivity index (χ2n) is 15.3. The van der Waals surface area contributed by atoms with Crippen molar-refractivity contribution in [2.75, 3.05) is 0 Å². The first-order valence-corrected chi connectivity index (χ1v) is 18.6. The van der Waals surface area contributed by atoms with Gasteiger partial charge in [0, 0.05) is 38.0 Å². The molecule has 0 radical (unpaired) electrons. The number of hydrogen-bond donors (Lipinski definition) is 0. The van der Waals surface area contributed by atoms with Crippen LogP contribution in [0, 0.1) is 0 Å². The highest BCUT2D eigenvalue weighted by Gasteiger charge is 2.35. The van der Waals surface area contributed by atoms with Crippen molar-refractivity contribution < 1.29 is 0 Å². The Balaban J connectivity index is 1.20. The van der Waals surface area contributed by atoms with Gasteiger partial charge in [0.2, 0.25) is 0 Å². The molecule has 0 fully saturated rings. The van der Waals surface area contributed by atoms with Crippen LogP contribution in [0.15, 0.2) is 170 Å². The summed E-state index contributed by atoms with van der Waals surface area (Å²) in [5.74, 6) is 0. The number of nitrogens with zero attached hydrogens (tertiary/aromatic N) is 2. The molecule has 9 aromatic carbocycles. The third-order valence-electron chi connectivity index (χ3n) is 12.3. The summed E-state index contributed by atoms with van der Waals surface area (Å²) in [5.41, 5.74) is 12.7. The number of hydrogen-bond acceptors (Lipinski definition) is 0. The molecule has 0 aliphatic heterocycles. The molecule has 11 aromatic rings. The molecule has 0 saturated carbocycles. The fraction of sp³-hybridized carbons (Fsp3) is 0.0588. The average molecular weight is 675 g/mol. The van der Waals surface area contributed by atoms with E-state index < -0.39 is 0 Å². The first kappa shape index (κ1) is 29.0. The van der Waals surface area contributed by atoms with Crippen LogP contribution in [-0.2, 0) is 5.41 Å². The van der Waals surface area contributed by atoms with Gasteiger partial charge in [-0.3, -0.25) is 0 Å². The van der Waals surface area contributed by atoms with E-state index in [0.29, 0.717) is 0 Å². The van der Waals surface area contributed by atoms with Crippen LogP contribution in [0.5, 0.6) is 0 Å². The zero-order valence-electron chi connectivity index (χ0n) is 29.6. The van der Waals surface area contributed by atoms with E-state index in [0.717, 1.165) is 0 Å². The Bertz CT molecular complexity index is 3330. The standard InChI is InChI=1S/C51H34N2/c1-51(2)41-22-10-7-17-35(41)36-27-26-31(30-42(36)51)52-43-23-11-8-19-39(43)49-46(52)28-29-47-50(49)40-20-9-12-24-44(40)53(47)45-25-13-21-38-34-15-4-3-14-32(34)33-16-5-6-18-37(33)48(38)45/h3-30H,1-2H3. The molecule has 0 saturated heterocycles. The lowest BCUT2D eigenvalue weighted by Gasteiger charge is -2.22. The molecule has 0 spiro atoms. The van der Waals surface area contributed by atoms with Crippen LogP contribution in [0.25, 0.3) is 98.4 Å². The third-order valence-corrected chi connectivity index (χ3v) is 12.3. The SMILES string of the molecule is CC1(C)c2ccccc2-c2ccc(-n3c4ccccc4c4c5c6ccccc6n(-c6cccc7c8ccccc8c8ccccc8c67)c5ccc43)cc21. The van der Waals surface area contributed by atoms with Gasteiger partial charge in [-0.15, -0.1) is 0 Å². The Labute approximate surface area is 306 Å². The molecular weight excluding hydrogens is 641 g/mol. The summed E-state index contributed by atoms with van der Waals surface area (Å²) in [4.78, 5) is 0. The number of rotatable bonds is 2. The monoisotopic (exact) mass is 674 g/mol. The van der Waals surface area contributed by atoms with Gasteiger partial charge in [0.1, 0.15) is 0 Å². The minimum absolute atomic E-state index is 0.0741. The molecule has 0 unspecified atom stereocenters. The van der Waals surface area contributed by atoms with E-state index in [1.807, 2.05) is 0 Å². The Morgan fingerprint density at radius 3 is 1.51 bits per heavy atom. The molecule has 1 aliphatic rings. The quantitative estimate of drug-likeness (QED) is 0.162. The molecule has 1 aliphatic carbocycles.